The monoisotopic (exact) mass is 413 g/mol. The predicted octanol–water partition coefficient (Wildman–Crippen LogP) is 3.69. The molecule has 0 radical (unpaired) electrons. The van der Waals surface area contributed by atoms with E-state index in [0.717, 1.165) is 29.7 Å². The van der Waals surface area contributed by atoms with Gasteiger partial charge in [0.1, 0.15) is 16.8 Å². The van der Waals surface area contributed by atoms with Gasteiger partial charge < -0.3 is 15.0 Å². The largest absolute Gasteiger partial charge is 0.451 e. The lowest BCUT2D eigenvalue weighted by molar-refractivity contribution is -0.119. The number of amides is 1. The molecule has 3 rings (SSSR count). The Morgan fingerprint density at radius 2 is 2.07 bits per heavy atom. The van der Waals surface area contributed by atoms with Crippen molar-refractivity contribution in [1.82, 2.24) is 4.98 Å². The third-order valence-electron chi connectivity index (χ3n) is 5.20. The van der Waals surface area contributed by atoms with Crippen molar-refractivity contribution < 1.29 is 19.1 Å². The molecule has 0 bridgehead atoms. The number of ketones is 1. The number of aromatic nitrogens is 1. The Morgan fingerprint density at radius 3 is 2.69 bits per heavy atom. The molecule has 0 aliphatic heterocycles. The van der Waals surface area contributed by atoms with Crippen molar-refractivity contribution in [3.05, 3.63) is 38.5 Å². The Kier molecular flexibility index (Phi) is 5.89. The fourth-order valence-electron chi connectivity index (χ4n) is 3.81. The number of Topliss-reactive ketones (excluding diaryl/α,β-unsaturated/α-hetero) is 1. The molecule has 1 amide bonds. The molecule has 152 valence electrons. The summed E-state index contributed by atoms with van der Waals surface area (Å²) in [6, 6.07) is 2.19. The average Bonchev–Trinajstić information content (AvgIpc) is 3.14. The molecule has 0 fully saturated rings. The first kappa shape index (κ1) is 20.8. The molecule has 1 aliphatic carbocycles. The van der Waals surface area contributed by atoms with Crippen molar-refractivity contribution >= 4 is 34.0 Å². The van der Waals surface area contributed by atoms with Gasteiger partial charge in [0.15, 0.2) is 12.4 Å². The van der Waals surface area contributed by atoms with E-state index in [1.54, 1.807) is 13.8 Å². The highest BCUT2D eigenvalue weighted by Crippen LogP contribution is 2.39. The zero-order valence-electron chi connectivity index (χ0n) is 16.9. The second-order valence-electron chi connectivity index (χ2n) is 7.47. The van der Waals surface area contributed by atoms with E-state index in [1.807, 2.05) is 0 Å². The van der Waals surface area contributed by atoms with Crippen molar-refractivity contribution in [2.75, 3.05) is 11.9 Å². The van der Waals surface area contributed by atoms with Gasteiger partial charge in [-0.2, -0.15) is 5.26 Å². The molecular weight excluding hydrogens is 390 g/mol. The van der Waals surface area contributed by atoms with Crippen molar-refractivity contribution in [3.8, 4) is 6.07 Å². The predicted molar refractivity (Wildman–Crippen MR) is 109 cm³/mol. The van der Waals surface area contributed by atoms with Crippen LogP contribution in [-0.2, 0) is 22.4 Å². The number of rotatable bonds is 5. The van der Waals surface area contributed by atoms with Crippen LogP contribution in [0.4, 0.5) is 5.00 Å². The molecule has 1 aliphatic rings. The molecule has 0 spiro atoms. The van der Waals surface area contributed by atoms with Crippen molar-refractivity contribution in [1.29, 1.82) is 5.26 Å². The number of hydrogen-bond acceptors (Lipinski definition) is 6. The molecule has 29 heavy (non-hydrogen) atoms. The van der Waals surface area contributed by atoms with Gasteiger partial charge in [-0.15, -0.1) is 11.3 Å². The van der Waals surface area contributed by atoms with Gasteiger partial charge >= 0.3 is 5.97 Å². The van der Waals surface area contributed by atoms with Crippen LogP contribution in [0.5, 0.6) is 0 Å². The van der Waals surface area contributed by atoms with Crippen molar-refractivity contribution in [3.63, 3.8) is 0 Å². The smallest absolute Gasteiger partial charge is 0.355 e. The van der Waals surface area contributed by atoms with Crippen molar-refractivity contribution in [2.45, 2.75) is 47.0 Å². The van der Waals surface area contributed by atoms with Crippen LogP contribution >= 0.6 is 11.3 Å². The number of ether oxygens (including phenoxy) is 1. The number of aromatic amines is 1. The normalized spacial score (nSPS) is 15.3. The zero-order chi connectivity index (χ0) is 21.3. The summed E-state index contributed by atoms with van der Waals surface area (Å²) in [6.45, 7) is 6.49. The van der Waals surface area contributed by atoms with Gasteiger partial charge in [0.2, 0.25) is 0 Å². The Morgan fingerprint density at radius 1 is 1.34 bits per heavy atom. The van der Waals surface area contributed by atoms with Crippen LogP contribution in [0, 0.1) is 31.1 Å². The first-order valence-electron chi connectivity index (χ1n) is 9.44. The molecular formula is C21H23N3O4S. The van der Waals surface area contributed by atoms with E-state index in [-0.39, 0.29) is 11.5 Å². The number of nitrogens with zero attached hydrogens (tertiary/aromatic N) is 1. The summed E-state index contributed by atoms with van der Waals surface area (Å²) in [5.41, 5.74) is 3.25. The Labute approximate surface area is 173 Å². The zero-order valence-corrected chi connectivity index (χ0v) is 17.7. The fourth-order valence-corrected chi connectivity index (χ4v) is 5.18. The number of thiophene rings is 1. The molecule has 2 aromatic heterocycles. The number of fused-ring (bicyclic) bond motifs is 1. The third-order valence-corrected chi connectivity index (χ3v) is 6.37. The first-order valence-corrected chi connectivity index (χ1v) is 10.3. The van der Waals surface area contributed by atoms with E-state index in [4.69, 9.17) is 4.74 Å². The van der Waals surface area contributed by atoms with E-state index in [1.165, 1.54) is 18.3 Å². The Balaban J connectivity index is 1.67. The lowest BCUT2D eigenvalue weighted by Gasteiger charge is -2.17. The quantitative estimate of drug-likeness (QED) is 0.573. The van der Waals surface area contributed by atoms with Crippen LogP contribution in [0.1, 0.15) is 68.4 Å². The lowest BCUT2D eigenvalue weighted by Crippen LogP contribution is -2.21. The molecule has 8 heteroatoms. The van der Waals surface area contributed by atoms with Gasteiger partial charge in [0.05, 0.1) is 5.56 Å². The number of H-pyrrole nitrogens is 1. The van der Waals surface area contributed by atoms with Crippen LogP contribution in [0.2, 0.25) is 0 Å². The van der Waals surface area contributed by atoms with Crippen LogP contribution in [0.25, 0.3) is 0 Å². The third kappa shape index (κ3) is 4.10. The average molecular weight is 413 g/mol. The summed E-state index contributed by atoms with van der Waals surface area (Å²) >= 11 is 1.42. The topological polar surface area (TPSA) is 112 Å². The number of hydrogen-bond donors (Lipinski definition) is 2. The summed E-state index contributed by atoms with van der Waals surface area (Å²) in [6.07, 6.45) is 2.77. The number of aryl methyl sites for hydroxylation is 1. The number of nitrogens with one attached hydrogen (secondary N) is 2. The summed E-state index contributed by atoms with van der Waals surface area (Å²) in [5, 5.41) is 12.7. The van der Waals surface area contributed by atoms with E-state index >= 15 is 0 Å². The summed E-state index contributed by atoms with van der Waals surface area (Å²) in [7, 11) is 0. The summed E-state index contributed by atoms with van der Waals surface area (Å²) in [4.78, 5) is 40.3. The molecule has 0 aromatic carbocycles. The van der Waals surface area contributed by atoms with E-state index < -0.39 is 18.5 Å². The van der Waals surface area contributed by atoms with Gasteiger partial charge in [0.25, 0.3) is 5.91 Å². The summed E-state index contributed by atoms with van der Waals surface area (Å²) < 4.78 is 5.11. The van der Waals surface area contributed by atoms with Crippen molar-refractivity contribution in [2.24, 2.45) is 5.92 Å². The molecule has 7 nitrogen and oxygen atoms in total. The minimum absolute atomic E-state index is 0.145. The molecule has 0 unspecified atom stereocenters. The van der Waals surface area contributed by atoms with Crippen LogP contribution in [0.3, 0.4) is 0 Å². The van der Waals surface area contributed by atoms with E-state index in [9.17, 15) is 19.6 Å². The van der Waals surface area contributed by atoms with Gasteiger partial charge in [0, 0.05) is 16.1 Å². The van der Waals surface area contributed by atoms with Crippen LogP contribution < -0.4 is 5.32 Å². The van der Waals surface area contributed by atoms with Gasteiger partial charge in [-0.1, -0.05) is 6.92 Å². The van der Waals surface area contributed by atoms with Gasteiger partial charge in [-0.05, 0) is 57.1 Å². The Hall–Kier alpha value is -2.92. The van der Waals surface area contributed by atoms with Crippen LogP contribution in [-0.4, -0.2) is 29.3 Å². The van der Waals surface area contributed by atoms with E-state index in [0.29, 0.717) is 33.3 Å². The Bertz CT molecular complexity index is 1040. The highest BCUT2D eigenvalue weighted by molar-refractivity contribution is 7.16. The standard InChI is InChI=1S/C21H23N3O4S/c1-10-5-6-14-15(8-22)20(29-16(14)7-10)24-17(26)9-28-21(27)19-11(2)18(13(4)25)12(3)23-19/h10,23H,5-7,9H2,1-4H3,(H,24,26)/t10-/m1/s1. The number of anilines is 1. The molecule has 1 atom stereocenters. The van der Waals surface area contributed by atoms with Crippen LogP contribution in [0.15, 0.2) is 0 Å². The fraction of sp³-hybridized carbons (Fsp3) is 0.429. The second-order valence-corrected chi connectivity index (χ2v) is 8.58. The minimum atomic E-state index is -0.701. The minimum Gasteiger partial charge on any atom is -0.451 e. The van der Waals surface area contributed by atoms with Gasteiger partial charge in [-0.3, -0.25) is 9.59 Å². The first-order chi connectivity index (χ1) is 13.7. The molecule has 2 heterocycles. The SMILES string of the molecule is CC(=O)c1c(C)[nH]c(C(=O)OCC(=O)Nc2sc3c(c2C#N)CC[C@@H](C)C3)c1C. The highest BCUT2D eigenvalue weighted by Gasteiger charge is 2.25. The van der Waals surface area contributed by atoms with Gasteiger partial charge in [-0.25, -0.2) is 4.79 Å². The highest BCUT2D eigenvalue weighted by atomic mass is 32.1. The maximum Gasteiger partial charge on any atom is 0.355 e. The molecule has 0 saturated carbocycles. The number of esters is 1. The maximum absolute atomic E-state index is 12.3. The number of carbonyl (C=O) groups is 3. The maximum atomic E-state index is 12.3. The number of nitriles is 1. The molecule has 0 saturated heterocycles. The second kappa shape index (κ2) is 8.21. The van der Waals surface area contributed by atoms with E-state index in [2.05, 4.69) is 23.3 Å². The summed E-state index contributed by atoms with van der Waals surface area (Å²) in [5.74, 6) is -0.792. The number of carbonyl (C=O) groups excluding carboxylic acids is 3. The molecule has 2 N–H and O–H groups in total. The lowest BCUT2D eigenvalue weighted by atomic mass is 9.89. The molecule has 2 aromatic rings.